The lowest BCUT2D eigenvalue weighted by molar-refractivity contribution is -0.123. The first-order valence-corrected chi connectivity index (χ1v) is 11.5. The van der Waals surface area contributed by atoms with Gasteiger partial charge in [0.2, 0.25) is 5.91 Å². The minimum atomic E-state index is -3.70. The van der Waals surface area contributed by atoms with E-state index < -0.39 is 16.1 Å². The van der Waals surface area contributed by atoms with Gasteiger partial charge in [0.1, 0.15) is 10.3 Å². The van der Waals surface area contributed by atoms with Crippen molar-refractivity contribution in [3.05, 3.63) is 48.1 Å². The predicted octanol–water partition coefficient (Wildman–Crippen LogP) is 2.61. The zero-order valence-electron chi connectivity index (χ0n) is 15.8. The lowest BCUT2D eigenvalue weighted by Gasteiger charge is -2.21. The molecule has 0 aliphatic carbocycles. The fourth-order valence-electron chi connectivity index (χ4n) is 2.89. The van der Waals surface area contributed by atoms with Crippen molar-refractivity contribution in [2.45, 2.75) is 37.1 Å². The Morgan fingerprint density at radius 1 is 1.21 bits per heavy atom. The number of thiophene rings is 1. The van der Waals surface area contributed by atoms with E-state index in [0.29, 0.717) is 19.5 Å². The van der Waals surface area contributed by atoms with Gasteiger partial charge in [0, 0.05) is 13.1 Å². The molecule has 0 bridgehead atoms. The van der Waals surface area contributed by atoms with Crippen LogP contribution >= 0.6 is 11.3 Å². The summed E-state index contributed by atoms with van der Waals surface area (Å²) in [5, 5.41) is 4.54. The molecule has 1 amide bonds. The number of sulfonamides is 1. The number of para-hydroxylation sites is 2. The SMILES string of the molecule is CC(C)C(NS(=O)(=O)c1cccs1)C(=O)NCCCn1cnc2ccccc21. The highest BCUT2D eigenvalue weighted by Crippen LogP contribution is 2.17. The Bertz CT molecular complexity index is 1030. The smallest absolute Gasteiger partial charge is 0.250 e. The van der Waals surface area contributed by atoms with E-state index in [-0.39, 0.29) is 16.0 Å². The molecule has 150 valence electrons. The van der Waals surface area contributed by atoms with Gasteiger partial charge >= 0.3 is 0 Å². The number of carbonyl (C=O) groups is 1. The van der Waals surface area contributed by atoms with Crippen LogP contribution in [0.15, 0.2) is 52.3 Å². The fraction of sp³-hybridized carbons (Fsp3) is 0.368. The van der Waals surface area contributed by atoms with Crippen molar-refractivity contribution < 1.29 is 13.2 Å². The molecule has 0 saturated carbocycles. The Morgan fingerprint density at radius 2 is 2.00 bits per heavy atom. The van der Waals surface area contributed by atoms with Gasteiger partial charge in [0.05, 0.1) is 17.4 Å². The summed E-state index contributed by atoms with van der Waals surface area (Å²) in [4.78, 5) is 16.9. The molecule has 0 aliphatic rings. The van der Waals surface area contributed by atoms with Gasteiger partial charge in [-0.2, -0.15) is 4.72 Å². The van der Waals surface area contributed by atoms with Crippen molar-refractivity contribution in [2.75, 3.05) is 6.54 Å². The van der Waals surface area contributed by atoms with Gasteiger partial charge in [-0.1, -0.05) is 32.0 Å². The second-order valence-electron chi connectivity index (χ2n) is 6.85. The number of aryl methyl sites for hydroxylation is 1. The molecule has 2 N–H and O–H groups in total. The highest BCUT2D eigenvalue weighted by Gasteiger charge is 2.28. The van der Waals surface area contributed by atoms with Crippen molar-refractivity contribution in [1.29, 1.82) is 0 Å². The summed E-state index contributed by atoms with van der Waals surface area (Å²) in [6, 6.07) is 10.3. The molecule has 0 fully saturated rings. The predicted molar refractivity (Wildman–Crippen MR) is 111 cm³/mol. The van der Waals surface area contributed by atoms with Gasteiger partial charge in [-0.25, -0.2) is 13.4 Å². The molecule has 0 aliphatic heterocycles. The van der Waals surface area contributed by atoms with Gasteiger partial charge in [-0.3, -0.25) is 4.79 Å². The van der Waals surface area contributed by atoms with Crippen molar-refractivity contribution in [3.8, 4) is 0 Å². The summed E-state index contributed by atoms with van der Waals surface area (Å²) in [5.74, 6) is -0.488. The van der Waals surface area contributed by atoms with E-state index in [1.54, 1.807) is 17.8 Å². The number of imidazole rings is 1. The third-order valence-electron chi connectivity index (χ3n) is 4.39. The number of amides is 1. The molecule has 28 heavy (non-hydrogen) atoms. The number of carbonyl (C=O) groups excluding carboxylic acids is 1. The zero-order valence-corrected chi connectivity index (χ0v) is 17.5. The largest absolute Gasteiger partial charge is 0.355 e. The van der Waals surface area contributed by atoms with Crippen LogP contribution in [0.2, 0.25) is 0 Å². The van der Waals surface area contributed by atoms with E-state index >= 15 is 0 Å². The number of benzene rings is 1. The molecular weight excluding hydrogens is 396 g/mol. The highest BCUT2D eigenvalue weighted by atomic mass is 32.2. The van der Waals surface area contributed by atoms with E-state index in [4.69, 9.17) is 0 Å². The Hall–Kier alpha value is -2.23. The van der Waals surface area contributed by atoms with Gasteiger partial charge in [0.25, 0.3) is 10.0 Å². The molecule has 9 heteroatoms. The maximum Gasteiger partial charge on any atom is 0.250 e. The first-order valence-electron chi connectivity index (χ1n) is 9.12. The molecule has 0 spiro atoms. The van der Waals surface area contributed by atoms with Crippen molar-refractivity contribution in [3.63, 3.8) is 0 Å². The van der Waals surface area contributed by atoms with E-state index in [0.717, 1.165) is 22.4 Å². The van der Waals surface area contributed by atoms with Crippen molar-refractivity contribution in [2.24, 2.45) is 5.92 Å². The number of nitrogens with zero attached hydrogens (tertiary/aromatic N) is 2. The molecule has 2 heterocycles. The number of aromatic nitrogens is 2. The van der Waals surface area contributed by atoms with Gasteiger partial charge in [-0.15, -0.1) is 11.3 Å². The Labute approximate surface area is 168 Å². The lowest BCUT2D eigenvalue weighted by atomic mass is 10.1. The first-order chi connectivity index (χ1) is 13.4. The van der Waals surface area contributed by atoms with Crippen LogP contribution in [-0.4, -0.2) is 36.5 Å². The van der Waals surface area contributed by atoms with Crippen LogP contribution in [0.1, 0.15) is 20.3 Å². The maximum atomic E-state index is 12.6. The molecule has 0 radical (unpaired) electrons. The van der Waals surface area contributed by atoms with Crippen molar-refractivity contribution in [1.82, 2.24) is 19.6 Å². The van der Waals surface area contributed by atoms with Gasteiger partial charge in [0.15, 0.2) is 0 Å². The Kier molecular flexibility index (Phi) is 6.48. The number of nitrogens with one attached hydrogen (secondary N) is 2. The van der Waals surface area contributed by atoms with E-state index in [2.05, 4.69) is 15.0 Å². The van der Waals surface area contributed by atoms with Crippen LogP contribution in [0, 0.1) is 5.92 Å². The summed E-state index contributed by atoms with van der Waals surface area (Å²) in [6.45, 7) is 4.81. The molecule has 7 nitrogen and oxygen atoms in total. The molecule has 3 rings (SSSR count). The maximum absolute atomic E-state index is 12.6. The summed E-state index contributed by atoms with van der Waals surface area (Å²) in [6.07, 6.45) is 2.51. The first kappa shape index (κ1) is 20.5. The number of fused-ring (bicyclic) bond motifs is 1. The minimum absolute atomic E-state index is 0.174. The van der Waals surface area contributed by atoms with Crippen LogP contribution in [0.5, 0.6) is 0 Å². The van der Waals surface area contributed by atoms with Crippen molar-refractivity contribution >= 4 is 38.3 Å². The minimum Gasteiger partial charge on any atom is -0.355 e. The molecular formula is C19H24N4O3S2. The third-order valence-corrected chi connectivity index (χ3v) is 7.23. The quantitative estimate of drug-likeness (QED) is 0.521. The average molecular weight is 421 g/mol. The topological polar surface area (TPSA) is 93.1 Å². The van der Waals surface area contributed by atoms with Crippen LogP contribution in [0.25, 0.3) is 11.0 Å². The van der Waals surface area contributed by atoms with Gasteiger partial charge < -0.3 is 9.88 Å². The summed E-state index contributed by atoms with van der Waals surface area (Å²) in [7, 11) is -3.70. The zero-order chi connectivity index (χ0) is 20.1. The lowest BCUT2D eigenvalue weighted by Crippen LogP contribution is -2.49. The Morgan fingerprint density at radius 3 is 2.71 bits per heavy atom. The fourth-order valence-corrected chi connectivity index (χ4v) is 5.25. The summed E-state index contributed by atoms with van der Waals surface area (Å²) in [5.41, 5.74) is 1.99. The van der Waals surface area contributed by atoms with Crippen LogP contribution < -0.4 is 10.0 Å². The molecule has 2 aromatic heterocycles. The third kappa shape index (κ3) is 4.78. The van der Waals surface area contributed by atoms with Crippen LogP contribution in [0.3, 0.4) is 0 Å². The molecule has 1 unspecified atom stereocenters. The summed E-state index contributed by atoms with van der Waals surface area (Å²) < 4.78 is 29.6. The monoisotopic (exact) mass is 420 g/mol. The standard InChI is InChI=1S/C19H24N4O3S2/c1-14(2)18(22-28(25,26)17-9-5-12-27-17)19(24)20-10-6-11-23-13-21-15-7-3-4-8-16(15)23/h3-5,7-9,12-14,18,22H,6,10-11H2,1-2H3,(H,20,24). The summed E-state index contributed by atoms with van der Waals surface area (Å²) >= 11 is 1.13. The number of rotatable bonds is 9. The normalized spacial score (nSPS) is 13.1. The number of hydrogen-bond donors (Lipinski definition) is 2. The van der Waals surface area contributed by atoms with Gasteiger partial charge in [-0.05, 0) is 35.9 Å². The molecule has 1 atom stereocenters. The second-order valence-corrected chi connectivity index (χ2v) is 9.73. The highest BCUT2D eigenvalue weighted by molar-refractivity contribution is 7.91. The number of hydrogen-bond acceptors (Lipinski definition) is 5. The van der Waals surface area contributed by atoms with E-state index in [1.807, 2.05) is 42.7 Å². The second kappa shape index (κ2) is 8.85. The van der Waals surface area contributed by atoms with Crippen LogP contribution in [-0.2, 0) is 21.4 Å². The van der Waals surface area contributed by atoms with E-state index in [1.165, 1.54) is 6.07 Å². The Balaban J connectivity index is 1.54. The van der Waals surface area contributed by atoms with Crippen LogP contribution in [0.4, 0.5) is 0 Å². The van der Waals surface area contributed by atoms with E-state index in [9.17, 15) is 13.2 Å². The average Bonchev–Trinajstić information content (AvgIpc) is 3.33. The molecule has 3 aromatic rings. The molecule has 1 aromatic carbocycles. The molecule has 0 saturated heterocycles.